The molecule has 3 aromatic rings. The van der Waals surface area contributed by atoms with Gasteiger partial charge in [-0.1, -0.05) is 29.3 Å². The van der Waals surface area contributed by atoms with Gasteiger partial charge in [-0.2, -0.15) is 0 Å². The molecular formula is C26H27Cl2N3O5S. The lowest BCUT2D eigenvalue weighted by molar-refractivity contribution is 0.0747. The van der Waals surface area contributed by atoms with Gasteiger partial charge >= 0.3 is 0 Å². The summed E-state index contributed by atoms with van der Waals surface area (Å²) in [6.45, 7) is 1.77. The molecule has 0 aromatic heterocycles. The normalized spacial score (nSPS) is 13.9. The molecule has 8 nitrogen and oxygen atoms in total. The van der Waals surface area contributed by atoms with Gasteiger partial charge in [0.15, 0.2) is 0 Å². The molecule has 0 bridgehead atoms. The van der Waals surface area contributed by atoms with Gasteiger partial charge in [0, 0.05) is 33.2 Å². The van der Waals surface area contributed by atoms with Gasteiger partial charge in [0.05, 0.1) is 46.1 Å². The summed E-state index contributed by atoms with van der Waals surface area (Å²) in [5, 5.41) is 0.612. The molecule has 1 saturated heterocycles. The number of hydrogen-bond acceptors (Lipinski definition) is 6. The molecule has 0 aliphatic carbocycles. The number of anilines is 2. The van der Waals surface area contributed by atoms with Crippen molar-refractivity contribution in [1.82, 2.24) is 4.90 Å². The van der Waals surface area contributed by atoms with Crippen molar-refractivity contribution in [3.63, 3.8) is 0 Å². The van der Waals surface area contributed by atoms with Crippen LogP contribution >= 0.6 is 23.2 Å². The van der Waals surface area contributed by atoms with Crippen molar-refractivity contribution < 1.29 is 22.7 Å². The van der Waals surface area contributed by atoms with Crippen LogP contribution < -0.4 is 18.7 Å². The summed E-state index contributed by atoms with van der Waals surface area (Å²) in [6.07, 6.45) is 0. The highest BCUT2D eigenvalue weighted by molar-refractivity contribution is 7.92. The molecule has 0 spiro atoms. The van der Waals surface area contributed by atoms with Gasteiger partial charge in [-0.25, -0.2) is 8.42 Å². The lowest BCUT2D eigenvalue weighted by Crippen LogP contribution is -2.49. The Bertz CT molecular complexity index is 1370. The maximum absolute atomic E-state index is 13.4. The molecule has 0 saturated carbocycles. The number of carbonyl (C=O) groups excluding carboxylic acids is 1. The first-order valence-electron chi connectivity index (χ1n) is 11.5. The Morgan fingerprint density at radius 2 is 1.51 bits per heavy atom. The molecule has 1 amide bonds. The number of piperazine rings is 1. The fraction of sp³-hybridized carbons (Fsp3) is 0.269. The van der Waals surface area contributed by atoms with Crippen molar-refractivity contribution in [3.05, 3.63) is 76.3 Å². The highest BCUT2D eigenvalue weighted by atomic mass is 35.5. The van der Waals surface area contributed by atoms with Crippen LogP contribution in [0.4, 0.5) is 11.4 Å². The average molecular weight is 564 g/mol. The van der Waals surface area contributed by atoms with Crippen LogP contribution in [0.25, 0.3) is 0 Å². The standard InChI is InChI=1S/C26H27Cl2N3O5S/c1-29(18-7-9-19(35-2)10-8-18)37(33,34)20-11-12-24(36-3)23(17-20)30-13-15-31(16-14-30)26(32)25-21(27)5-4-6-22(25)28/h4-12,17H,13-16H2,1-3H3. The smallest absolute Gasteiger partial charge is 0.264 e. The van der Waals surface area contributed by atoms with Crippen molar-refractivity contribution in [3.8, 4) is 11.5 Å². The molecule has 0 atom stereocenters. The van der Waals surface area contributed by atoms with E-state index in [1.807, 2.05) is 4.90 Å². The number of rotatable bonds is 7. The summed E-state index contributed by atoms with van der Waals surface area (Å²) in [7, 11) is 0.743. The van der Waals surface area contributed by atoms with Crippen LogP contribution in [-0.4, -0.2) is 66.7 Å². The Hall–Kier alpha value is -3.14. The van der Waals surface area contributed by atoms with E-state index in [1.165, 1.54) is 24.5 Å². The van der Waals surface area contributed by atoms with E-state index in [0.717, 1.165) is 0 Å². The summed E-state index contributed by atoms with van der Waals surface area (Å²) < 4.78 is 38.8. The second-order valence-electron chi connectivity index (χ2n) is 8.38. The monoisotopic (exact) mass is 563 g/mol. The van der Waals surface area contributed by atoms with Crippen LogP contribution in [0.1, 0.15) is 10.4 Å². The topological polar surface area (TPSA) is 79.4 Å². The van der Waals surface area contributed by atoms with Crippen LogP contribution in [-0.2, 0) is 10.0 Å². The summed E-state index contributed by atoms with van der Waals surface area (Å²) >= 11 is 12.5. The van der Waals surface area contributed by atoms with Crippen LogP contribution in [0, 0.1) is 0 Å². The summed E-state index contributed by atoms with van der Waals surface area (Å²) in [6, 6.07) is 16.5. The minimum Gasteiger partial charge on any atom is -0.497 e. The van der Waals surface area contributed by atoms with Crippen LogP contribution in [0.2, 0.25) is 10.0 Å². The SMILES string of the molecule is COc1ccc(N(C)S(=O)(=O)c2ccc(OC)c(N3CCN(C(=O)c4c(Cl)cccc4Cl)CC3)c2)cc1. The van der Waals surface area contributed by atoms with Gasteiger partial charge < -0.3 is 19.3 Å². The molecule has 0 unspecified atom stereocenters. The minimum atomic E-state index is -3.85. The van der Waals surface area contributed by atoms with Gasteiger partial charge in [0.25, 0.3) is 15.9 Å². The zero-order valence-electron chi connectivity index (χ0n) is 20.6. The second kappa shape index (κ2) is 11.1. The maximum Gasteiger partial charge on any atom is 0.264 e. The number of sulfonamides is 1. The van der Waals surface area contributed by atoms with Crippen LogP contribution in [0.5, 0.6) is 11.5 Å². The number of hydrogen-bond donors (Lipinski definition) is 0. The van der Waals surface area contributed by atoms with Crippen molar-refractivity contribution in [2.45, 2.75) is 4.90 Å². The number of amides is 1. The second-order valence-corrected chi connectivity index (χ2v) is 11.2. The van der Waals surface area contributed by atoms with E-state index in [9.17, 15) is 13.2 Å². The highest BCUT2D eigenvalue weighted by Crippen LogP contribution is 2.34. The largest absolute Gasteiger partial charge is 0.497 e. The van der Waals surface area contributed by atoms with E-state index in [-0.39, 0.29) is 16.4 Å². The first kappa shape index (κ1) is 26.9. The molecule has 1 fully saturated rings. The zero-order chi connectivity index (χ0) is 26.7. The molecule has 3 aromatic carbocycles. The third-order valence-corrected chi connectivity index (χ3v) is 8.74. The number of halogens is 2. The molecule has 0 radical (unpaired) electrons. The van der Waals surface area contributed by atoms with E-state index < -0.39 is 10.0 Å². The Kier molecular flexibility index (Phi) is 8.06. The number of nitrogens with zero attached hydrogens (tertiary/aromatic N) is 3. The Morgan fingerprint density at radius 1 is 0.892 bits per heavy atom. The molecule has 1 aliphatic heterocycles. The molecule has 196 valence electrons. The average Bonchev–Trinajstić information content (AvgIpc) is 2.92. The fourth-order valence-corrected chi connectivity index (χ4v) is 5.95. The molecule has 1 aliphatic rings. The lowest BCUT2D eigenvalue weighted by atomic mass is 10.1. The third kappa shape index (κ3) is 5.44. The van der Waals surface area contributed by atoms with Crippen molar-refractivity contribution in [2.24, 2.45) is 0 Å². The Labute approximate surface area is 226 Å². The Morgan fingerprint density at radius 3 is 2.08 bits per heavy atom. The third-order valence-electron chi connectivity index (χ3n) is 6.33. The molecule has 11 heteroatoms. The molecule has 4 rings (SSSR count). The number of benzene rings is 3. The minimum absolute atomic E-state index is 0.128. The maximum atomic E-state index is 13.4. The first-order chi connectivity index (χ1) is 17.7. The first-order valence-corrected chi connectivity index (χ1v) is 13.7. The highest BCUT2D eigenvalue weighted by Gasteiger charge is 2.28. The van der Waals surface area contributed by atoms with Gasteiger partial charge in [0.2, 0.25) is 0 Å². The number of carbonyl (C=O) groups is 1. The van der Waals surface area contributed by atoms with E-state index in [2.05, 4.69) is 0 Å². The van der Waals surface area contributed by atoms with Gasteiger partial charge in [-0.05, 0) is 54.6 Å². The predicted molar refractivity (Wildman–Crippen MR) is 146 cm³/mol. The van der Waals surface area contributed by atoms with Crippen LogP contribution in [0.3, 0.4) is 0 Å². The fourth-order valence-electron chi connectivity index (χ4n) is 4.18. The quantitative estimate of drug-likeness (QED) is 0.411. The van der Waals surface area contributed by atoms with E-state index >= 15 is 0 Å². The summed E-state index contributed by atoms with van der Waals surface area (Å²) in [4.78, 5) is 16.9. The van der Waals surface area contributed by atoms with Crippen molar-refractivity contribution in [1.29, 1.82) is 0 Å². The zero-order valence-corrected chi connectivity index (χ0v) is 23.0. The molecule has 37 heavy (non-hydrogen) atoms. The van der Waals surface area contributed by atoms with E-state index in [1.54, 1.807) is 66.6 Å². The molecular weight excluding hydrogens is 537 g/mol. The lowest BCUT2D eigenvalue weighted by Gasteiger charge is -2.37. The molecule has 0 N–H and O–H groups in total. The number of methoxy groups -OCH3 is 2. The van der Waals surface area contributed by atoms with Gasteiger partial charge in [-0.3, -0.25) is 9.10 Å². The summed E-state index contributed by atoms with van der Waals surface area (Å²) in [5.74, 6) is 0.940. The number of ether oxygens (including phenoxy) is 2. The van der Waals surface area contributed by atoms with Crippen molar-refractivity contribution in [2.75, 3.05) is 56.7 Å². The van der Waals surface area contributed by atoms with E-state index in [0.29, 0.717) is 59.1 Å². The van der Waals surface area contributed by atoms with Crippen LogP contribution in [0.15, 0.2) is 65.6 Å². The van der Waals surface area contributed by atoms with E-state index in [4.69, 9.17) is 32.7 Å². The summed E-state index contributed by atoms with van der Waals surface area (Å²) in [5.41, 5.74) is 1.42. The van der Waals surface area contributed by atoms with Crippen molar-refractivity contribution >= 4 is 50.5 Å². The Balaban J connectivity index is 1.55. The van der Waals surface area contributed by atoms with Gasteiger partial charge in [0.1, 0.15) is 11.5 Å². The van der Waals surface area contributed by atoms with Gasteiger partial charge in [-0.15, -0.1) is 0 Å². The predicted octanol–water partition coefficient (Wildman–Crippen LogP) is 4.80. The molecule has 1 heterocycles.